The SMILES string of the molecule is NCC1(C(=O)Nc2c(F)cc(Br)cc2F)CCCC1. The van der Waals surface area contributed by atoms with Gasteiger partial charge in [-0.3, -0.25) is 4.79 Å². The molecule has 19 heavy (non-hydrogen) atoms. The van der Waals surface area contributed by atoms with Crippen LogP contribution in [0.4, 0.5) is 14.5 Å². The number of rotatable bonds is 3. The monoisotopic (exact) mass is 332 g/mol. The number of benzene rings is 1. The van der Waals surface area contributed by atoms with Crippen LogP contribution in [0.5, 0.6) is 0 Å². The molecule has 104 valence electrons. The molecule has 3 nitrogen and oxygen atoms in total. The molecule has 1 aromatic carbocycles. The number of anilines is 1. The smallest absolute Gasteiger partial charge is 0.232 e. The van der Waals surface area contributed by atoms with Crippen molar-refractivity contribution in [2.45, 2.75) is 25.7 Å². The van der Waals surface area contributed by atoms with Crippen molar-refractivity contribution in [1.82, 2.24) is 0 Å². The summed E-state index contributed by atoms with van der Waals surface area (Å²) in [5.41, 5.74) is 4.57. The van der Waals surface area contributed by atoms with Gasteiger partial charge in [-0.25, -0.2) is 8.78 Å². The van der Waals surface area contributed by atoms with Gasteiger partial charge in [0.2, 0.25) is 5.91 Å². The molecule has 0 unspecified atom stereocenters. The van der Waals surface area contributed by atoms with E-state index >= 15 is 0 Å². The first-order valence-corrected chi connectivity index (χ1v) is 6.94. The van der Waals surface area contributed by atoms with E-state index in [1.54, 1.807) is 0 Å². The van der Waals surface area contributed by atoms with Crippen molar-refractivity contribution in [2.75, 3.05) is 11.9 Å². The molecule has 0 radical (unpaired) electrons. The number of amides is 1. The zero-order chi connectivity index (χ0) is 14.0. The summed E-state index contributed by atoms with van der Waals surface area (Å²) in [6.07, 6.45) is 3.15. The molecule has 0 spiro atoms. The summed E-state index contributed by atoms with van der Waals surface area (Å²) >= 11 is 2.99. The zero-order valence-electron chi connectivity index (χ0n) is 10.3. The van der Waals surface area contributed by atoms with Gasteiger partial charge in [-0.1, -0.05) is 28.8 Å². The highest BCUT2D eigenvalue weighted by molar-refractivity contribution is 9.10. The Labute approximate surface area is 118 Å². The normalized spacial score (nSPS) is 17.5. The number of hydrogen-bond acceptors (Lipinski definition) is 2. The summed E-state index contributed by atoms with van der Waals surface area (Å²) in [5, 5.41) is 2.35. The summed E-state index contributed by atoms with van der Waals surface area (Å²) in [4.78, 5) is 12.2. The molecular formula is C13H15BrF2N2O. The Morgan fingerprint density at radius 1 is 1.32 bits per heavy atom. The second-order valence-electron chi connectivity index (χ2n) is 4.89. The molecule has 2 rings (SSSR count). The molecule has 0 aromatic heterocycles. The number of halogens is 3. The molecule has 1 aromatic rings. The van der Waals surface area contributed by atoms with Crippen LogP contribution in [-0.4, -0.2) is 12.5 Å². The Hall–Kier alpha value is -1.01. The highest BCUT2D eigenvalue weighted by Gasteiger charge is 2.40. The average Bonchev–Trinajstić information content (AvgIpc) is 2.83. The molecule has 1 aliphatic carbocycles. The van der Waals surface area contributed by atoms with Crippen LogP contribution in [-0.2, 0) is 4.79 Å². The minimum absolute atomic E-state index is 0.193. The van der Waals surface area contributed by atoms with Gasteiger partial charge >= 0.3 is 0 Å². The number of hydrogen-bond donors (Lipinski definition) is 2. The quantitative estimate of drug-likeness (QED) is 0.893. The lowest BCUT2D eigenvalue weighted by Gasteiger charge is -2.25. The van der Waals surface area contributed by atoms with Crippen LogP contribution in [0, 0.1) is 17.0 Å². The Kier molecular flexibility index (Phi) is 4.20. The lowest BCUT2D eigenvalue weighted by molar-refractivity contribution is -0.124. The highest BCUT2D eigenvalue weighted by atomic mass is 79.9. The van der Waals surface area contributed by atoms with E-state index in [1.165, 1.54) is 0 Å². The molecule has 1 saturated carbocycles. The fraction of sp³-hybridized carbons (Fsp3) is 0.462. The van der Waals surface area contributed by atoms with E-state index in [9.17, 15) is 13.6 Å². The second kappa shape index (κ2) is 5.54. The van der Waals surface area contributed by atoms with Gasteiger partial charge in [-0.15, -0.1) is 0 Å². The Morgan fingerprint density at radius 2 is 1.84 bits per heavy atom. The van der Waals surface area contributed by atoms with Crippen LogP contribution < -0.4 is 11.1 Å². The maximum Gasteiger partial charge on any atom is 0.232 e. The van der Waals surface area contributed by atoms with Crippen LogP contribution in [0.3, 0.4) is 0 Å². The molecule has 1 aliphatic rings. The Morgan fingerprint density at radius 3 is 2.32 bits per heavy atom. The minimum atomic E-state index is -0.801. The molecule has 0 bridgehead atoms. The molecular weight excluding hydrogens is 318 g/mol. The molecule has 1 fully saturated rings. The zero-order valence-corrected chi connectivity index (χ0v) is 11.9. The van der Waals surface area contributed by atoms with Crippen LogP contribution in [0.15, 0.2) is 16.6 Å². The van der Waals surface area contributed by atoms with Crippen LogP contribution >= 0.6 is 15.9 Å². The Balaban J connectivity index is 2.24. The number of nitrogens with two attached hydrogens (primary N) is 1. The third-order valence-electron chi connectivity index (χ3n) is 3.68. The van der Waals surface area contributed by atoms with E-state index in [0.717, 1.165) is 25.0 Å². The van der Waals surface area contributed by atoms with Crippen molar-refractivity contribution < 1.29 is 13.6 Å². The molecule has 3 N–H and O–H groups in total. The lowest BCUT2D eigenvalue weighted by atomic mass is 9.85. The van der Waals surface area contributed by atoms with Crippen molar-refractivity contribution in [3.63, 3.8) is 0 Å². The van der Waals surface area contributed by atoms with Gasteiger partial charge in [0.05, 0.1) is 5.41 Å². The second-order valence-corrected chi connectivity index (χ2v) is 5.81. The van der Waals surface area contributed by atoms with Crippen molar-refractivity contribution in [1.29, 1.82) is 0 Å². The summed E-state index contributed by atoms with van der Waals surface area (Å²) in [5.74, 6) is -2.00. The minimum Gasteiger partial charge on any atom is -0.329 e. The number of carbonyl (C=O) groups is 1. The van der Waals surface area contributed by atoms with Crippen LogP contribution in [0.2, 0.25) is 0 Å². The van der Waals surface area contributed by atoms with Gasteiger partial charge in [-0.2, -0.15) is 0 Å². The van der Waals surface area contributed by atoms with Crippen molar-refractivity contribution in [3.8, 4) is 0 Å². The summed E-state index contributed by atoms with van der Waals surface area (Å²) in [6.45, 7) is 0.193. The fourth-order valence-corrected chi connectivity index (χ4v) is 2.89. The molecule has 6 heteroatoms. The highest BCUT2D eigenvalue weighted by Crippen LogP contribution is 2.38. The topological polar surface area (TPSA) is 55.1 Å². The molecule has 0 saturated heterocycles. The largest absolute Gasteiger partial charge is 0.329 e. The average molecular weight is 333 g/mol. The molecule has 0 aliphatic heterocycles. The van der Waals surface area contributed by atoms with Gasteiger partial charge in [0.25, 0.3) is 0 Å². The maximum atomic E-state index is 13.7. The van der Waals surface area contributed by atoms with E-state index < -0.39 is 28.6 Å². The summed E-state index contributed by atoms with van der Waals surface area (Å²) in [6, 6.07) is 2.23. The maximum absolute atomic E-state index is 13.7. The summed E-state index contributed by atoms with van der Waals surface area (Å²) in [7, 11) is 0. The fourth-order valence-electron chi connectivity index (χ4n) is 2.48. The van der Waals surface area contributed by atoms with Gasteiger partial charge in [0, 0.05) is 11.0 Å². The predicted octanol–water partition coefficient (Wildman–Crippen LogP) is 3.18. The van der Waals surface area contributed by atoms with E-state index in [-0.39, 0.29) is 11.0 Å². The standard InChI is InChI=1S/C13H15BrF2N2O/c14-8-5-9(15)11(10(16)6-8)18-12(19)13(7-17)3-1-2-4-13/h5-6H,1-4,7,17H2,(H,18,19). The Bertz CT molecular complexity index is 478. The van der Waals surface area contributed by atoms with Crippen molar-refractivity contribution in [2.24, 2.45) is 11.1 Å². The molecule has 0 heterocycles. The third kappa shape index (κ3) is 2.79. The van der Waals surface area contributed by atoms with Gasteiger partial charge in [0.1, 0.15) is 5.69 Å². The van der Waals surface area contributed by atoms with Gasteiger partial charge < -0.3 is 11.1 Å². The number of carbonyl (C=O) groups excluding carboxylic acids is 1. The lowest BCUT2D eigenvalue weighted by Crippen LogP contribution is -2.40. The van der Waals surface area contributed by atoms with Crippen molar-refractivity contribution >= 4 is 27.5 Å². The van der Waals surface area contributed by atoms with E-state index in [1.807, 2.05) is 0 Å². The predicted molar refractivity (Wildman–Crippen MR) is 72.6 cm³/mol. The first-order valence-electron chi connectivity index (χ1n) is 6.14. The first-order chi connectivity index (χ1) is 8.98. The van der Waals surface area contributed by atoms with E-state index in [4.69, 9.17) is 5.73 Å². The summed E-state index contributed by atoms with van der Waals surface area (Å²) < 4.78 is 27.6. The first kappa shape index (κ1) is 14.4. The van der Waals surface area contributed by atoms with Crippen LogP contribution in [0.25, 0.3) is 0 Å². The van der Waals surface area contributed by atoms with E-state index in [0.29, 0.717) is 12.8 Å². The molecule has 1 amide bonds. The van der Waals surface area contributed by atoms with Crippen LogP contribution in [0.1, 0.15) is 25.7 Å². The van der Waals surface area contributed by atoms with Gasteiger partial charge in [0.15, 0.2) is 11.6 Å². The third-order valence-corrected chi connectivity index (χ3v) is 4.14. The van der Waals surface area contributed by atoms with Gasteiger partial charge in [-0.05, 0) is 25.0 Å². The number of nitrogens with one attached hydrogen (secondary N) is 1. The molecule has 0 atom stereocenters. The van der Waals surface area contributed by atoms with E-state index in [2.05, 4.69) is 21.2 Å². The van der Waals surface area contributed by atoms with Crippen molar-refractivity contribution in [3.05, 3.63) is 28.2 Å².